The van der Waals surface area contributed by atoms with Crippen molar-refractivity contribution in [2.75, 3.05) is 7.11 Å². The second-order valence-electron chi connectivity index (χ2n) is 4.63. The van der Waals surface area contributed by atoms with Gasteiger partial charge in [0.2, 0.25) is 0 Å². The van der Waals surface area contributed by atoms with E-state index in [1.54, 1.807) is 12.1 Å². The minimum absolute atomic E-state index is 0.324. The van der Waals surface area contributed by atoms with Gasteiger partial charge in [-0.25, -0.2) is 4.79 Å². The first-order valence-corrected chi connectivity index (χ1v) is 6.50. The van der Waals surface area contributed by atoms with Crippen molar-refractivity contribution >= 4 is 28.5 Å². The number of methoxy groups -OCH3 is 1. The summed E-state index contributed by atoms with van der Waals surface area (Å²) in [5, 5.41) is 1.70. The highest BCUT2D eigenvalue weighted by molar-refractivity contribution is 6.36. The summed E-state index contributed by atoms with van der Waals surface area (Å²) in [5.74, 6) is -0.324. The lowest BCUT2D eigenvalue weighted by Crippen LogP contribution is -2.02. The number of ether oxygens (including phenoxy) is 1. The predicted octanol–water partition coefficient (Wildman–Crippen LogP) is 3.49. The molecule has 1 aliphatic rings. The van der Waals surface area contributed by atoms with Crippen LogP contribution >= 0.6 is 11.6 Å². The molecule has 1 aliphatic carbocycles. The van der Waals surface area contributed by atoms with Gasteiger partial charge in [-0.2, -0.15) is 0 Å². The summed E-state index contributed by atoms with van der Waals surface area (Å²) in [7, 11) is 1.39. The molecule has 4 heteroatoms. The number of halogens is 1. The Morgan fingerprint density at radius 2 is 2.11 bits per heavy atom. The van der Waals surface area contributed by atoms with Gasteiger partial charge in [0.25, 0.3) is 0 Å². The Hall–Kier alpha value is -1.48. The number of fused-ring (bicyclic) bond motifs is 3. The largest absolute Gasteiger partial charge is 0.465 e. The average Bonchev–Trinajstić information content (AvgIpc) is 2.78. The molecule has 1 heterocycles. The fraction of sp³-hybridized carbons (Fsp3) is 0.357. The standard InChI is InChI=1S/C14H14ClNO2/c1-18-14(17)9-6-7-10(15)12-8-4-2-3-5-11(8)16-13(9)12/h6-7,16H,2-5H2,1H3. The van der Waals surface area contributed by atoms with Gasteiger partial charge in [-0.3, -0.25) is 0 Å². The number of rotatable bonds is 1. The van der Waals surface area contributed by atoms with Gasteiger partial charge >= 0.3 is 5.97 Å². The number of hydrogen-bond donors (Lipinski definition) is 1. The van der Waals surface area contributed by atoms with Gasteiger partial charge in [-0.15, -0.1) is 0 Å². The van der Waals surface area contributed by atoms with Gasteiger partial charge in [0.05, 0.1) is 23.2 Å². The Labute approximate surface area is 110 Å². The Balaban J connectivity index is 2.32. The van der Waals surface area contributed by atoms with Gasteiger partial charge in [-0.1, -0.05) is 11.6 Å². The number of nitrogens with one attached hydrogen (secondary N) is 1. The molecular formula is C14H14ClNO2. The molecule has 1 aromatic carbocycles. The number of aromatic nitrogens is 1. The van der Waals surface area contributed by atoms with Crippen LogP contribution in [-0.4, -0.2) is 18.1 Å². The zero-order valence-electron chi connectivity index (χ0n) is 10.2. The van der Waals surface area contributed by atoms with Crippen LogP contribution in [0.2, 0.25) is 5.02 Å². The minimum atomic E-state index is -0.324. The first kappa shape index (κ1) is 11.6. The fourth-order valence-corrected chi connectivity index (χ4v) is 3.02. The van der Waals surface area contributed by atoms with Crippen molar-refractivity contribution in [1.82, 2.24) is 4.98 Å². The van der Waals surface area contributed by atoms with Gasteiger partial charge in [-0.05, 0) is 43.4 Å². The normalized spacial score (nSPS) is 14.6. The lowest BCUT2D eigenvalue weighted by atomic mass is 9.95. The minimum Gasteiger partial charge on any atom is -0.465 e. The van der Waals surface area contributed by atoms with E-state index in [2.05, 4.69) is 4.98 Å². The van der Waals surface area contributed by atoms with Crippen LogP contribution in [0.4, 0.5) is 0 Å². The highest BCUT2D eigenvalue weighted by Gasteiger charge is 2.21. The fourth-order valence-electron chi connectivity index (χ4n) is 2.75. The molecule has 0 saturated carbocycles. The van der Waals surface area contributed by atoms with E-state index in [1.807, 2.05) is 0 Å². The van der Waals surface area contributed by atoms with Crippen LogP contribution in [-0.2, 0) is 17.6 Å². The summed E-state index contributed by atoms with van der Waals surface area (Å²) in [4.78, 5) is 15.1. The molecule has 3 rings (SSSR count). The van der Waals surface area contributed by atoms with Crippen molar-refractivity contribution in [3.8, 4) is 0 Å². The van der Waals surface area contributed by atoms with Crippen LogP contribution in [0.25, 0.3) is 10.9 Å². The zero-order valence-corrected chi connectivity index (χ0v) is 10.9. The summed E-state index contributed by atoms with van der Waals surface area (Å²) < 4.78 is 4.81. The van der Waals surface area contributed by atoms with E-state index in [0.29, 0.717) is 10.6 Å². The van der Waals surface area contributed by atoms with Gasteiger partial charge in [0.15, 0.2) is 0 Å². The molecule has 18 heavy (non-hydrogen) atoms. The SMILES string of the molecule is COC(=O)c1ccc(Cl)c2c3c([nH]c12)CCCC3. The Morgan fingerprint density at radius 1 is 1.33 bits per heavy atom. The number of aromatic amines is 1. The monoisotopic (exact) mass is 263 g/mol. The van der Waals surface area contributed by atoms with Crippen molar-refractivity contribution in [3.63, 3.8) is 0 Å². The smallest absolute Gasteiger partial charge is 0.339 e. The molecule has 0 unspecified atom stereocenters. The molecule has 0 aliphatic heterocycles. The summed E-state index contributed by atoms with van der Waals surface area (Å²) in [5.41, 5.74) is 3.87. The number of aryl methyl sites for hydroxylation is 2. The summed E-state index contributed by atoms with van der Waals surface area (Å²) in [6.45, 7) is 0. The van der Waals surface area contributed by atoms with E-state index < -0.39 is 0 Å². The van der Waals surface area contributed by atoms with Crippen LogP contribution < -0.4 is 0 Å². The second kappa shape index (κ2) is 4.32. The molecule has 0 bridgehead atoms. The maximum absolute atomic E-state index is 11.8. The summed E-state index contributed by atoms with van der Waals surface area (Å²) in [6, 6.07) is 3.50. The lowest BCUT2D eigenvalue weighted by molar-refractivity contribution is 0.0603. The van der Waals surface area contributed by atoms with Crippen LogP contribution in [0.15, 0.2) is 12.1 Å². The zero-order chi connectivity index (χ0) is 12.7. The van der Waals surface area contributed by atoms with Crippen LogP contribution in [0, 0.1) is 0 Å². The average molecular weight is 264 g/mol. The van der Waals surface area contributed by atoms with Crippen molar-refractivity contribution in [2.45, 2.75) is 25.7 Å². The van der Waals surface area contributed by atoms with E-state index in [4.69, 9.17) is 16.3 Å². The topological polar surface area (TPSA) is 42.1 Å². The van der Waals surface area contributed by atoms with E-state index >= 15 is 0 Å². The van der Waals surface area contributed by atoms with Crippen LogP contribution in [0.5, 0.6) is 0 Å². The third-order valence-electron chi connectivity index (χ3n) is 3.61. The van der Waals surface area contributed by atoms with E-state index in [-0.39, 0.29) is 5.97 Å². The van der Waals surface area contributed by atoms with E-state index in [9.17, 15) is 4.79 Å². The molecule has 2 aromatic rings. The second-order valence-corrected chi connectivity index (χ2v) is 5.03. The number of H-pyrrole nitrogens is 1. The molecule has 1 aromatic heterocycles. The predicted molar refractivity (Wildman–Crippen MR) is 71.3 cm³/mol. The van der Waals surface area contributed by atoms with Crippen LogP contribution in [0.1, 0.15) is 34.5 Å². The van der Waals surface area contributed by atoms with Gasteiger partial charge in [0, 0.05) is 11.1 Å². The molecule has 0 spiro atoms. The number of hydrogen-bond acceptors (Lipinski definition) is 2. The first-order chi connectivity index (χ1) is 8.72. The molecule has 94 valence electrons. The maximum Gasteiger partial charge on any atom is 0.339 e. The first-order valence-electron chi connectivity index (χ1n) is 6.12. The van der Waals surface area contributed by atoms with Crippen molar-refractivity contribution < 1.29 is 9.53 Å². The Kier molecular flexibility index (Phi) is 2.78. The number of carbonyl (C=O) groups excluding carboxylic acids is 1. The van der Waals surface area contributed by atoms with E-state index in [0.717, 1.165) is 23.7 Å². The Morgan fingerprint density at radius 3 is 2.89 bits per heavy atom. The molecule has 1 N–H and O–H groups in total. The summed E-state index contributed by atoms with van der Waals surface area (Å²) >= 11 is 6.28. The van der Waals surface area contributed by atoms with Crippen molar-refractivity contribution in [3.05, 3.63) is 34.0 Å². The molecule has 0 amide bonds. The Bertz CT molecular complexity index is 630. The number of esters is 1. The number of carbonyl (C=O) groups is 1. The van der Waals surface area contributed by atoms with Gasteiger partial charge < -0.3 is 9.72 Å². The molecule has 0 fully saturated rings. The third kappa shape index (κ3) is 1.62. The highest BCUT2D eigenvalue weighted by atomic mass is 35.5. The third-order valence-corrected chi connectivity index (χ3v) is 3.92. The molecule has 0 atom stereocenters. The molecular weight excluding hydrogens is 250 g/mol. The number of benzene rings is 1. The van der Waals surface area contributed by atoms with Crippen molar-refractivity contribution in [2.24, 2.45) is 0 Å². The molecule has 0 radical (unpaired) electrons. The van der Waals surface area contributed by atoms with Crippen LogP contribution in [0.3, 0.4) is 0 Å². The maximum atomic E-state index is 11.8. The van der Waals surface area contributed by atoms with E-state index in [1.165, 1.54) is 31.2 Å². The molecule has 0 saturated heterocycles. The lowest BCUT2D eigenvalue weighted by Gasteiger charge is -2.10. The molecule has 3 nitrogen and oxygen atoms in total. The quantitative estimate of drug-likeness (QED) is 0.801. The summed E-state index contributed by atoms with van der Waals surface area (Å²) in [6.07, 6.45) is 4.42. The highest BCUT2D eigenvalue weighted by Crippen LogP contribution is 2.35. The van der Waals surface area contributed by atoms with Crippen molar-refractivity contribution in [1.29, 1.82) is 0 Å². The van der Waals surface area contributed by atoms with Gasteiger partial charge in [0.1, 0.15) is 0 Å².